The van der Waals surface area contributed by atoms with Gasteiger partial charge in [0.05, 0.1) is 39.2 Å². The number of pyridine rings is 2. The maximum Gasteiger partial charge on any atom is 0.219 e. The molecule has 0 aliphatic rings. The van der Waals surface area contributed by atoms with Crippen LogP contribution < -0.4 is 35.8 Å². The zero-order valence-electron chi connectivity index (χ0n) is 22.2. The SMILES string of the molecule is COc1cc2cc[n+]3cc4c(OC)c(OC)c(OC)cc4cc3c2cc1-c1ccc(-c2ccccc2)cc1.[Cl-]. The maximum absolute atomic E-state index is 5.84. The number of halogens is 1. The normalized spacial score (nSPS) is 10.9. The number of hydrogen-bond donors (Lipinski definition) is 0. The van der Waals surface area contributed by atoms with Gasteiger partial charge in [-0.3, -0.25) is 0 Å². The van der Waals surface area contributed by atoms with E-state index >= 15 is 0 Å². The van der Waals surface area contributed by atoms with E-state index in [1.807, 2.05) is 12.1 Å². The summed E-state index contributed by atoms with van der Waals surface area (Å²) in [6.07, 6.45) is 4.13. The van der Waals surface area contributed by atoms with Crippen molar-refractivity contribution in [2.75, 3.05) is 28.4 Å². The highest BCUT2D eigenvalue weighted by Gasteiger charge is 2.21. The van der Waals surface area contributed by atoms with Crippen molar-refractivity contribution in [2.45, 2.75) is 0 Å². The third-order valence-electron chi connectivity index (χ3n) is 7.10. The highest BCUT2D eigenvalue weighted by molar-refractivity contribution is 6.02. The first kappa shape index (κ1) is 26.1. The third-order valence-corrected chi connectivity index (χ3v) is 7.10. The lowest BCUT2D eigenvalue weighted by atomic mass is 9.97. The predicted octanol–water partition coefficient (Wildman–Crippen LogP) is 4.10. The average molecular weight is 538 g/mol. The van der Waals surface area contributed by atoms with Gasteiger partial charge in [-0.05, 0) is 40.3 Å². The number of rotatable bonds is 6. The number of nitrogens with zero attached hydrogens (tertiary/aromatic N) is 1. The van der Waals surface area contributed by atoms with E-state index in [9.17, 15) is 0 Å². The van der Waals surface area contributed by atoms with Gasteiger partial charge >= 0.3 is 0 Å². The van der Waals surface area contributed by atoms with Gasteiger partial charge in [0, 0.05) is 23.1 Å². The van der Waals surface area contributed by atoms with E-state index in [-0.39, 0.29) is 12.4 Å². The molecule has 2 aromatic heterocycles. The monoisotopic (exact) mass is 537 g/mol. The fraction of sp³-hybridized carbons (Fsp3) is 0.121. The van der Waals surface area contributed by atoms with Crippen LogP contribution in [0.15, 0.2) is 97.3 Å². The van der Waals surface area contributed by atoms with E-state index < -0.39 is 0 Å². The molecular weight excluding hydrogens is 510 g/mol. The van der Waals surface area contributed by atoms with Crippen LogP contribution >= 0.6 is 0 Å². The molecule has 0 aliphatic carbocycles. The first-order chi connectivity index (χ1) is 18.6. The average Bonchev–Trinajstić information content (AvgIpc) is 2.98. The van der Waals surface area contributed by atoms with Gasteiger partial charge in [0.25, 0.3) is 0 Å². The van der Waals surface area contributed by atoms with Gasteiger partial charge in [0.1, 0.15) is 5.75 Å². The van der Waals surface area contributed by atoms with E-state index in [1.165, 1.54) is 11.1 Å². The highest BCUT2D eigenvalue weighted by atomic mass is 35.5. The molecule has 6 aromatic rings. The summed E-state index contributed by atoms with van der Waals surface area (Å²) in [5, 5.41) is 4.15. The van der Waals surface area contributed by atoms with E-state index in [0.29, 0.717) is 17.2 Å². The highest BCUT2D eigenvalue weighted by Crippen LogP contribution is 2.43. The summed E-state index contributed by atoms with van der Waals surface area (Å²) in [4.78, 5) is 0. The summed E-state index contributed by atoms with van der Waals surface area (Å²) in [6.45, 7) is 0. The van der Waals surface area contributed by atoms with Crippen LogP contribution in [0.3, 0.4) is 0 Å². The fourth-order valence-corrected chi connectivity index (χ4v) is 5.20. The van der Waals surface area contributed by atoms with Gasteiger partial charge in [0.2, 0.25) is 11.3 Å². The molecule has 196 valence electrons. The molecule has 0 fully saturated rings. The molecule has 0 N–H and O–H groups in total. The Balaban J connectivity index is 0.00000308. The molecule has 6 heteroatoms. The minimum atomic E-state index is 0. The Labute approximate surface area is 233 Å². The van der Waals surface area contributed by atoms with E-state index in [4.69, 9.17) is 18.9 Å². The van der Waals surface area contributed by atoms with E-state index in [0.717, 1.165) is 43.9 Å². The Kier molecular flexibility index (Phi) is 7.18. The quantitative estimate of drug-likeness (QED) is 0.182. The molecule has 0 atom stereocenters. The number of ether oxygens (including phenoxy) is 4. The Hall–Kier alpha value is -4.48. The first-order valence-corrected chi connectivity index (χ1v) is 12.4. The van der Waals surface area contributed by atoms with Crippen molar-refractivity contribution in [1.29, 1.82) is 0 Å². The smallest absolute Gasteiger partial charge is 0.219 e. The Morgan fingerprint density at radius 3 is 1.85 bits per heavy atom. The molecule has 0 aliphatic heterocycles. The lowest BCUT2D eigenvalue weighted by molar-refractivity contribution is -0.509. The van der Waals surface area contributed by atoms with Crippen LogP contribution in [0.2, 0.25) is 0 Å². The lowest BCUT2D eigenvalue weighted by Crippen LogP contribution is -3.00. The minimum absolute atomic E-state index is 0. The van der Waals surface area contributed by atoms with Crippen LogP contribution in [0.25, 0.3) is 49.3 Å². The number of hydrogen-bond acceptors (Lipinski definition) is 4. The van der Waals surface area contributed by atoms with Crippen LogP contribution in [-0.2, 0) is 0 Å². The van der Waals surface area contributed by atoms with Crippen molar-refractivity contribution in [3.63, 3.8) is 0 Å². The van der Waals surface area contributed by atoms with Gasteiger partial charge in [0.15, 0.2) is 23.9 Å². The lowest BCUT2D eigenvalue weighted by Gasteiger charge is -2.14. The minimum Gasteiger partial charge on any atom is -1.00 e. The van der Waals surface area contributed by atoms with Crippen LogP contribution in [0.5, 0.6) is 23.0 Å². The van der Waals surface area contributed by atoms with Crippen LogP contribution in [0, 0.1) is 0 Å². The van der Waals surface area contributed by atoms with Gasteiger partial charge in [-0.15, -0.1) is 0 Å². The van der Waals surface area contributed by atoms with Gasteiger partial charge < -0.3 is 31.4 Å². The van der Waals surface area contributed by atoms with Crippen molar-refractivity contribution in [3.8, 4) is 45.3 Å². The second-order valence-corrected chi connectivity index (χ2v) is 9.11. The van der Waals surface area contributed by atoms with Gasteiger partial charge in [-0.25, -0.2) is 0 Å². The summed E-state index contributed by atoms with van der Waals surface area (Å²) >= 11 is 0. The predicted molar refractivity (Wildman–Crippen MR) is 152 cm³/mol. The zero-order valence-corrected chi connectivity index (χ0v) is 23.0. The van der Waals surface area contributed by atoms with Gasteiger partial charge in [-0.1, -0.05) is 54.6 Å². The molecule has 5 nitrogen and oxygen atoms in total. The van der Waals surface area contributed by atoms with Crippen molar-refractivity contribution >= 4 is 27.1 Å². The summed E-state index contributed by atoms with van der Waals surface area (Å²) in [5.74, 6) is 2.69. The Bertz CT molecular complexity index is 1800. The van der Waals surface area contributed by atoms with Crippen molar-refractivity contribution in [1.82, 2.24) is 0 Å². The zero-order chi connectivity index (χ0) is 26.2. The molecule has 0 unspecified atom stereocenters. The maximum atomic E-state index is 5.84. The number of benzene rings is 4. The molecule has 2 heterocycles. The fourth-order valence-electron chi connectivity index (χ4n) is 5.20. The molecule has 0 saturated carbocycles. The van der Waals surface area contributed by atoms with Crippen molar-refractivity contribution in [2.24, 2.45) is 0 Å². The second-order valence-electron chi connectivity index (χ2n) is 9.11. The van der Waals surface area contributed by atoms with Crippen molar-refractivity contribution < 1.29 is 35.8 Å². The number of methoxy groups -OCH3 is 4. The van der Waals surface area contributed by atoms with Crippen molar-refractivity contribution in [3.05, 3.63) is 97.3 Å². The Morgan fingerprint density at radius 2 is 1.18 bits per heavy atom. The van der Waals surface area contributed by atoms with Gasteiger partial charge in [-0.2, -0.15) is 4.40 Å². The molecule has 6 rings (SSSR count). The van der Waals surface area contributed by atoms with E-state index in [2.05, 4.69) is 89.6 Å². The van der Waals surface area contributed by atoms with E-state index in [1.54, 1.807) is 28.4 Å². The molecule has 0 amide bonds. The number of fused-ring (bicyclic) bond motifs is 4. The molecule has 39 heavy (non-hydrogen) atoms. The number of aromatic nitrogens is 1. The standard InChI is InChI=1S/C33H28NO4.ClH/c1-35-30-17-24-14-15-34-20-28-25(18-31(36-2)33(38-4)32(28)37-3)16-29(34)26(24)19-27(30)23-12-10-22(11-13-23)21-8-6-5-7-9-21;/h5-20H,1-4H3;1H/q+1;/p-1. The molecule has 4 aromatic carbocycles. The van der Waals surface area contributed by atoms with Crippen LogP contribution in [0.1, 0.15) is 0 Å². The molecular formula is C33H28ClNO4. The topological polar surface area (TPSA) is 41.0 Å². The molecule has 0 radical (unpaired) electrons. The van der Waals surface area contributed by atoms with Crippen LogP contribution in [0.4, 0.5) is 0 Å². The largest absolute Gasteiger partial charge is 1.00 e. The summed E-state index contributed by atoms with van der Waals surface area (Å²) in [6, 6.07) is 29.6. The third kappa shape index (κ3) is 4.45. The molecule has 0 bridgehead atoms. The summed E-state index contributed by atoms with van der Waals surface area (Å²) in [7, 11) is 6.62. The second kappa shape index (κ2) is 10.7. The summed E-state index contributed by atoms with van der Waals surface area (Å²) < 4.78 is 24.9. The first-order valence-electron chi connectivity index (χ1n) is 12.4. The molecule has 0 saturated heterocycles. The van der Waals surface area contributed by atoms with Crippen LogP contribution in [-0.4, -0.2) is 28.4 Å². The Morgan fingerprint density at radius 1 is 0.538 bits per heavy atom. The molecule has 0 spiro atoms. The summed E-state index contributed by atoms with van der Waals surface area (Å²) in [5.41, 5.74) is 5.58.